The number of H-pyrrole nitrogens is 1. The van der Waals surface area contributed by atoms with E-state index in [-0.39, 0.29) is 11.5 Å². The van der Waals surface area contributed by atoms with Crippen LogP contribution in [-0.4, -0.2) is 44.6 Å². The summed E-state index contributed by atoms with van der Waals surface area (Å²) in [6, 6.07) is 0. The third kappa shape index (κ3) is 2.35. The van der Waals surface area contributed by atoms with Gasteiger partial charge in [-0.3, -0.25) is 5.10 Å². The summed E-state index contributed by atoms with van der Waals surface area (Å²) in [5, 5.41) is 10.0. The van der Waals surface area contributed by atoms with E-state index < -0.39 is 9.84 Å². The molecule has 6 nitrogen and oxygen atoms in total. The molecule has 0 aliphatic carbocycles. The first-order valence-corrected chi connectivity index (χ1v) is 6.94. The predicted octanol–water partition coefficient (Wildman–Crippen LogP) is -0.0611. The summed E-state index contributed by atoms with van der Waals surface area (Å²) in [5.41, 5.74) is 1.71. The molecule has 0 aromatic carbocycles. The SMILES string of the molecule is COCCNc1n[nH]c2c1CS(=O)(=O)CC2. The molecule has 2 N–H and O–H groups in total. The van der Waals surface area contributed by atoms with Gasteiger partial charge in [-0.05, 0) is 0 Å². The molecule has 0 bridgehead atoms. The topological polar surface area (TPSA) is 84.1 Å². The Hall–Kier alpha value is -1.08. The fourth-order valence-corrected chi connectivity index (χ4v) is 3.14. The predicted molar refractivity (Wildman–Crippen MR) is 60.1 cm³/mol. The summed E-state index contributed by atoms with van der Waals surface area (Å²) in [7, 11) is -1.33. The number of hydrogen-bond donors (Lipinski definition) is 2. The highest BCUT2D eigenvalue weighted by atomic mass is 32.2. The lowest BCUT2D eigenvalue weighted by Crippen LogP contribution is -2.19. The van der Waals surface area contributed by atoms with Crippen LogP contribution in [-0.2, 0) is 26.7 Å². The summed E-state index contributed by atoms with van der Waals surface area (Å²) in [6.45, 7) is 1.18. The lowest BCUT2D eigenvalue weighted by atomic mass is 10.2. The molecule has 1 aromatic heterocycles. The molecular formula is C9H15N3O3S. The van der Waals surface area contributed by atoms with E-state index in [2.05, 4.69) is 15.5 Å². The number of aromatic nitrogens is 2. The van der Waals surface area contributed by atoms with Gasteiger partial charge >= 0.3 is 0 Å². The Balaban J connectivity index is 2.14. The molecule has 2 heterocycles. The van der Waals surface area contributed by atoms with Crippen molar-refractivity contribution < 1.29 is 13.2 Å². The van der Waals surface area contributed by atoms with E-state index in [0.717, 1.165) is 11.3 Å². The van der Waals surface area contributed by atoms with Gasteiger partial charge < -0.3 is 10.1 Å². The average molecular weight is 245 g/mol. The van der Waals surface area contributed by atoms with Gasteiger partial charge in [-0.2, -0.15) is 5.10 Å². The highest BCUT2D eigenvalue weighted by Crippen LogP contribution is 2.24. The zero-order chi connectivity index (χ0) is 11.6. The van der Waals surface area contributed by atoms with Crippen molar-refractivity contribution in [3.05, 3.63) is 11.3 Å². The van der Waals surface area contributed by atoms with Crippen molar-refractivity contribution in [2.75, 3.05) is 31.3 Å². The molecule has 0 radical (unpaired) electrons. The molecule has 0 unspecified atom stereocenters. The van der Waals surface area contributed by atoms with Crippen LogP contribution in [0.1, 0.15) is 11.3 Å². The molecule has 2 rings (SSSR count). The number of rotatable bonds is 4. The molecular weight excluding hydrogens is 230 g/mol. The molecule has 1 aliphatic rings. The van der Waals surface area contributed by atoms with Crippen LogP contribution in [0.4, 0.5) is 5.82 Å². The molecule has 0 atom stereocenters. The standard InChI is InChI=1S/C9H15N3O3S/c1-15-4-3-10-9-7-6-16(13,14)5-2-8(7)11-12-9/h2-6H2,1H3,(H2,10,11,12). The Labute approximate surface area is 94.3 Å². The number of anilines is 1. The molecule has 0 amide bonds. The lowest BCUT2D eigenvalue weighted by Gasteiger charge is -2.12. The van der Waals surface area contributed by atoms with Gasteiger partial charge in [0.15, 0.2) is 15.7 Å². The number of nitrogens with one attached hydrogen (secondary N) is 2. The van der Waals surface area contributed by atoms with Crippen LogP contribution in [0.5, 0.6) is 0 Å². The van der Waals surface area contributed by atoms with E-state index in [1.54, 1.807) is 7.11 Å². The van der Waals surface area contributed by atoms with E-state index in [1.807, 2.05) is 0 Å². The summed E-state index contributed by atoms with van der Waals surface area (Å²) in [5.74, 6) is 0.920. The van der Waals surface area contributed by atoms with Crippen molar-refractivity contribution in [2.45, 2.75) is 12.2 Å². The smallest absolute Gasteiger partial charge is 0.155 e. The maximum Gasteiger partial charge on any atom is 0.155 e. The van der Waals surface area contributed by atoms with Gasteiger partial charge in [0.25, 0.3) is 0 Å². The number of sulfone groups is 1. The molecule has 1 aromatic rings. The van der Waals surface area contributed by atoms with Gasteiger partial charge in [0.2, 0.25) is 0 Å². The van der Waals surface area contributed by atoms with Crippen LogP contribution in [0.25, 0.3) is 0 Å². The first kappa shape index (κ1) is 11.4. The minimum Gasteiger partial charge on any atom is -0.383 e. The second-order valence-corrected chi connectivity index (χ2v) is 5.97. The van der Waals surface area contributed by atoms with E-state index in [9.17, 15) is 8.42 Å². The Morgan fingerprint density at radius 3 is 3.12 bits per heavy atom. The molecule has 0 saturated carbocycles. The minimum atomic E-state index is -2.95. The zero-order valence-electron chi connectivity index (χ0n) is 9.12. The molecule has 0 saturated heterocycles. The van der Waals surface area contributed by atoms with Gasteiger partial charge in [-0.1, -0.05) is 0 Å². The first-order chi connectivity index (χ1) is 7.62. The van der Waals surface area contributed by atoms with E-state index in [4.69, 9.17) is 4.74 Å². The number of hydrogen-bond acceptors (Lipinski definition) is 5. The second kappa shape index (κ2) is 4.42. The minimum absolute atomic E-state index is 0.0775. The fourth-order valence-electron chi connectivity index (χ4n) is 1.73. The van der Waals surface area contributed by atoms with Crippen molar-refractivity contribution in [3.63, 3.8) is 0 Å². The Morgan fingerprint density at radius 2 is 2.38 bits per heavy atom. The van der Waals surface area contributed by atoms with Crippen molar-refractivity contribution >= 4 is 15.7 Å². The number of aryl methyl sites for hydroxylation is 1. The fraction of sp³-hybridized carbons (Fsp3) is 0.667. The van der Waals surface area contributed by atoms with Crippen molar-refractivity contribution in [2.24, 2.45) is 0 Å². The van der Waals surface area contributed by atoms with E-state index in [0.29, 0.717) is 25.4 Å². The Kier molecular flexibility index (Phi) is 3.15. The van der Waals surface area contributed by atoms with Crippen LogP contribution < -0.4 is 5.32 Å². The van der Waals surface area contributed by atoms with Gasteiger partial charge in [0, 0.05) is 31.3 Å². The molecule has 90 valence electrons. The summed E-state index contributed by atoms with van der Waals surface area (Å²) < 4.78 is 27.9. The van der Waals surface area contributed by atoms with Crippen LogP contribution >= 0.6 is 0 Å². The normalized spacial score (nSPS) is 18.1. The highest BCUT2D eigenvalue weighted by molar-refractivity contribution is 7.90. The van der Waals surface area contributed by atoms with Crippen LogP contribution in [0.2, 0.25) is 0 Å². The number of methoxy groups -OCH3 is 1. The quantitative estimate of drug-likeness (QED) is 0.726. The summed E-state index contributed by atoms with van der Waals surface area (Å²) in [4.78, 5) is 0. The molecule has 7 heteroatoms. The average Bonchev–Trinajstić information content (AvgIpc) is 2.60. The van der Waals surface area contributed by atoms with Crippen LogP contribution in [0.3, 0.4) is 0 Å². The van der Waals surface area contributed by atoms with Crippen LogP contribution in [0.15, 0.2) is 0 Å². The molecule has 1 aliphatic heterocycles. The lowest BCUT2D eigenvalue weighted by molar-refractivity contribution is 0.210. The van der Waals surface area contributed by atoms with Gasteiger partial charge in [0.1, 0.15) is 0 Å². The monoisotopic (exact) mass is 245 g/mol. The van der Waals surface area contributed by atoms with Crippen LogP contribution in [0, 0.1) is 0 Å². The van der Waals surface area contributed by atoms with E-state index >= 15 is 0 Å². The van der Waals surface area contributed by atoms with Crippen molar-refractivity contribution in [3.8, 4) is 0 Å². The van der Waals surface area contributed by atoms with Gasteiger partial charge in [-0.15, -0.1) is 0 Å². The largest absolute Gasteiger partial charge is 0.383 e. The third-order valence-electron chi connectivity index (χ3n) is 2.58. The number of ether oxygens (including phenoxy) is 1. The maximum atomic E-state index is 11.5. The second-order valence-electron chi connectivity index (χ2n) is 3.79. The van der Waals surface area contributed by atoms with Gasteiger partial charge in [-0.25, -0.2) is 8.42 Å². The number of aromatic amines is 1. The Bertz CT molecular complexity index is 466. The van der Waals surface area contributed by atoms with Crippen molar-refractivity contribution in [1.29, 1.82) is 0 Å². The first-order valence-electron chi connectivity index (χ1n) is 5.12. The highest BCUT2D eigenvalue weighted by Gasteiger charge is 2.25. The number of fused-ring (bicyclic) bond motifs is 1. The zero-order valence-corrected chi connectivity index (χ0v) is 9.93. The summed E-state index contributed by atoms with van der Waals surface area (Å²) >= 11 is 0. The molecule has 0 fully saturated rings. The number of nitrogens with zero attached hydrogens (tertiary/aromatic N) is 1. The molecule has 16 heavy (non-hydrogen) atoms. The van der Waals surface area contributed by atoms with Crippen molar-refractivity contribution in [1.82, 2.24) is 10.2 Å². The van der Waals surface area contributed by atoms with E-state index in [1.165, 1.54) is 0 Å². The Morgan fingerprint density at radius 1 is 1.56 bits per heavy atom. The van der Waals surface area contributed by atoms with Gasteiger partial charge in [0.05, 0.1) is 18.1 Å². The third-order valence-corrected chi connectivity index (χ3v) is 4.13. The summed E-state index contributed by atoms with van der Waals surface area (Å²) in [6.07, 6.45) is 0.524. The molecule has 0 spiro atoms. The maximum absolute atomic E-state index is 11.5.